The number of fused-ring (bicyclic) bond motifs is 1. The van der Waals surface area contributed by atoms with Gasteiger partial charge in [0.1, 0.15) is 5.75 Å². The van der Waals surface area contributed by atoms with Gasteiger partial charge in [-0.2, -0.15) is 0 Å². The first-order chi connectivity index (χ1) is 15.9. The van der Waals surface area contributed by atoms with Crippen molar-refractivity contribution in [3.05, 3.63) is 99.6 Å². The van der Waals surface area contributed by atoms with E-state index in [1.165, 1.54) is 17.0 Å². The van der Waals surface area contributed by atoms with E-state index in [1.54, 1.807) is 50.6 Å². The molecule has 0 unspecified atom stereocenters. The lowest BCUT2D eigenvalue weighted by atomic mass is 9.92. The summed E-state index contributed by atoms with van der Waals surface area (Å²) in [5, 5.41) is 3.41. The summed E-state index contributed by atoms with van der Waals surface area (Å²) in [4.78, 5) is 40.1. The van der Waals surface area contributed by atoms with Crippen LogP contribution < -0.4 is 15.0 Å². The average molecular weight is 461 g/mol. The van der Waals surface area contributed by atoms with Crippen molar-refractivity contribution in [2.24, 2.45) is 0 Å². The molecule has 0 fully saturated rings. The van der Waals surface area contributed by atoms with Crippen molar-refractivity contribution in [1.29, 1.82) is 0 Å². The number of hydrogen-bond donors (Lipinski definition) is 1. The van der Waals surface area contributed by atoms with Gasteiger partial charge in [-0.05, 0) is 59.7 Å². The summed E-state index contributed by atoms with van der Waals surface area (Å²) in [6, 6.07) is 19.0. The SMILES string of the molecule is COc1ccc(CNC(=O)c2ccc3c(c2)C(=O)/C(=C/c2ccc(Cl)cc2)C(=O)N3C)cc1. The maximum atomic E-state index is 13.2. The number of benzene rings is 3. The molecule has 0 saturated heterocycles. The van der Waals surface area contributed by atoms with Crippen LogP contribution in [0.3, 0.4) is 0 Å². The minimum Gasteiger partial charge on any atom is -0.497 e. The molecule has 4 rings (SSSR count). The van der Waals surface area contributed by atoms with Crippen molar-refractivity contribution in [2.45, 2.75) is 6.54 Å². The number of nitrogens with zero attached hydrogens (tertiary/aromatic N) is 1. The third kappa shape index (κ3) is 4.66. The average Bonchev–Trinajstić information content (AvgIpc) is 2.85. The molecule has 0 saturated carbocycles. The Morgan fingerprint density at radius 1 is 1.03 bits per heavy atom. The predicted molar refractivity (Wildman–Crippen MR) is 128 cm³/mol. The third-order valence-corrected chi connectivity index (χ3v) is 5.69. The van der Waals surface area contributed by atoms with Crippen molar-refractivity contribution >= 4 is 41.0 Å². The zero-order valence-electron chi connectivity index (χ0n) is 18.1. The number of ether oxygens (including phenoxy) is 1. The van der Waals surface area contributed by atoms with Crippen molar-refractivity contribution in [1.82, 2.24) is 5.32 Å². The number of hydrogen-bond acceptors (Lipinski definition) is 4. The van der Waals surface area contributed by atoms with Crippen LogP contribution in [0.4, 0.5) is 5.69 Å². The molecule has 6 nitrogen and oxygen atoms in total. The Bertz CT molecular complexity index is 1260. The summed E-state index contributed by atoms with van der Waals surface area (Å²) in [6.07, 6.45) is 1.54. The van der Waals surface area contributed by atoms with Gasteiger partial charge in [-0.25, -0.2) is 0 Å². The molecule has 0 atom stereocenters. The minimum atomic E-state index is -0.423. The number of rotatable bonds is 5. The van der Waals surface area contributed by atoms with Crippen molar-refractivity contribution in [3.8, 4) is 5.75 Å². The number of amides is 2. The lowest BCUT2D eigenvalue weighted by Gasteiger charge is -2.27. The number of nitrogens with one attached hydrogen (secondary N) is 1. The summed E-state index contributed by atoms with van der Waals surface area (Å²) >= 11 is 5.92. The second-order valence-electron chi connectivity index (χ2n) is 7.57. The Balaban J connectivity index is 1.58. The zero-order chi connectivity index (χ0) is 23.5. The Labute approximate surface area is 196 Å². The molecule has 1 heterocycles. The molecule has 1 aliphatic heterocycles. The first kappa shape index (κ1) is 22.3. The second kappa shape index (κ2) is 9.30. The Kier molecular flexibility index (Phi) is 6.29. The number of halogens is 1. The largest absolute Gasteiger partial charge is 0.497 e. The van der Waals surface area contributed by atoms with Crippen LogP contribution in [0, 0.1) is 0 Å². The number of carbonyl (C=O) groups is 3. The van der Waals surface area contributed by atoms with E-state index in [1.807, 2.05) is 24.3 Å². The molecule has 1 aliphatic rings. The standard InChI is InChI=1S/C26H21ClN2O4/c1-29-23-12-7-18(25(31)28-15-17-5-10-20(33-2)11-6-17)14-21(23)24(30)22(26(29)32)13-16-3-8-19(27)9-4-16/h3-14H,15H2,1-2H3,(H,28,31)/b22-13-. The number of Topliss-reactive ketones (excluding diaryl/α,β-unsaturated/α-hetero) is 1. The van der Waals surface area contributed by atoms with E-state index in [-0.39, 0.29) is 11.5 Å². The summed E-state index contributed by atoms with van der Waals surface area (Å²) in [5.41, 5.74) is 2.73. The van der Waals surface area contributed by atoms with Crippen molar-refractivity contribution in [3.63, 3.8) is 0 Å². The van der Waals surface area contributed by atoms with E-state index in [2.05, 4.69) is 5.32 Å². The van der Waals surface area contributed by atoms with Gasteiger partial charge in [-0.1, -0.05) is 35.9 Å². The van der Waals surface area contributed by atoms with Gasteiger partial charge in [0.2, 0.25) is 5.78 Å². The highest BCUT2D eigenvalue weighted by Crippen LogP contribution is 2.31. The second-order valence-corrected chi connectivity index (χ2v) is 8.00. The van der Waals surface area contributed by atoms with E-state index in [0.29, 0.717) is 33.9 Å². The minimum absolute atomic E-state index is 0.0307. The Morgan fingerprint density at radius 3 is 2.39 bits per heavy atom. The molecule has 0 bridgehead atoms. The van der Waals surface area contributed by atoms with Crippen LogP contribution in [0.5, 0.6) is 5.75 Å². The Hall–Kier alpha value is -3.90. The van der Waals surface area contributed by atoms with Gasteiger partial charge in [-0.3, -0.25) is 14.4 Å². The number of anilines is 1. The topological polar surface area (TPSA) is 75.7 Å². The molecule has 33 heavy (non-hydrogen) atoms. The van der Waals surface area contributed by atoms with Gasteiger partial charge in [0.25, 0.3) is 11.8 Å². The monoisotopic (exact) mass is 460 g/mol. The molecular weight excluding hydrogens is 440 g/mol. The zero-order valence-corrected chi connectivity index (χ0v) is 18.8. The van der Waals surface area contributed by atoms with Gasteiger partial charge < -0.3 is 15.0 Å². The number of ketones is 1. The van der Waals surface area contributed by atoms with Gasteiger partial charge >= 0.3 is 0 Å². The van der Waals surface area contributed by atoms with E-state index in [0.717, 1.165) is 11.3 Å². The van der Waals surface area contributed by atoms with E-state index >= 15 is 0 Å². The molecule has 3 aromatic rings. The smallest absolute Gasteiger partial charge is 0.262 e. The summed E-state index contributed by atoms with van der Waals surface area (Å²) in [5.74, 6) is -0.407. The lowest BCUT2D eigenvalue weighted by molar-refractivity contribution is -0.114. The van der Waals surface area contributed by atoms with E-state index < -0.39 is 11.7 Å². The molecule has 166 valence electrons. The molecule has 3 aromatic carbocycles. The highest BCUT2D eigenvalue weighted by molar-refractivity contribution is 6.36. The first-order valence-corrected chi connectivity index (χ1v) is 10.6. The maximum absolute atomic E-state index is 13.2. The van der Waals surface area contributed by atoms with Crippen LogP contribution >= 0.6 is 11.6 Å². The van der Waals surface area contributed by atoms with Crippen LogP contribution in [0.1, 0.15) is 31.8 Å². The third-order valence-electron chi connectivity index (χ3n) is 5.44. The summed E-state index contributed by atoms with van der Waals surface area (Å²) < 4.78 is 5.14. The molecule has 0 radical (unpaired) electrons. The van der Waals surface area contributed by atoms with Crippen LogP contribution in [-0.2, 0) is 11.3 Å². The van der Waals surface area contributed by atoms with Gasteiger partial charge in [0, 0.05) is 29.7 Å². The van der Waals surface area contributed by atoms with Crippen LogP contribution in [0.25, 0.3) is 6.08 Å². The molecular formula is C26H21ClN2O4. The Morgan fingerprint density at radius 2 is 1.73 bits per heavy atom. The highest BCUT2D eigenvalue weighted by Gasteiger charge is 2.33. The van der Waals surface area contributed by atoms with Gasteiger partial charge in [-0.15, -0.1) is 0 Å². The number of methoxy groups -OCH3 is 1. The first-order valence-electron chi connectivity index (χ1n) is 10.2. The van der Waals surface area contributed by atoms with E-state index in [9.17, 15) is 14.4 Å². The normalized spacial score (nSPS) is 14.3. The van der Waals surface area contributed by atoms with Crippen molar-refractivity contribution < 1.29 is 19.1 Å². The fourth-order valence-electron chi connectivity index (χ4n) is 3.56. The van der Waals surface area contributed by atoms with Gasteiger partial charge in [0.05, 0.1) is 18.4 Å². The molecule has 7 heteroatoms. The summed E-state index contributed by atoms with van der Waals surface area (Å²) in [6.45, 7) is 0.327. The summed E-state index contributed by atoms with van der Waals surface area (Å²) in [7, 11) is 3.20. The molecule has 1 N–H and O–H groups in total. The van der Waals surface area contributed by atoms with E-state index in [4.69, 9.17) is 16.3 Å². The highest BCUT2D eigenvalue weighted by atomic mass is 35.5. The fraction of sp³-hybridized carbons (Fsp3) is 0.115. The van der Waals surface area contributed by atoms with Crippen LogP contribution in [0.2, 0.25) is 5.02 Å². The number of carbonyl (C=O) groups excluding carboxylic acids is 3. The maximum Gasteiger partial charge on any atom is 0.262 e. The lowest BCUT2D eigenvalue weighted by Crippen LogP contribution is -2.37. The van der Waals surface area contributed by atoms with Crippen LogP contribution in [-0.4, -0.2) is 31.8 Å². The van der Waals surface area contributed by atoms with Crippen LogP contribution in [0.15, 0.2) is 72.3 Å². The molecule has 0 aliphatic carbocycles. The number of likely N-dealkylation sites (N-methyl/N-ethyl adjacent to an activating group) is 1. The fourth-order valence-corrected chi connectivity index (χ4v) is 3.69. The molecule has 2 amide bonds. The molecule has 0 spiro atoms. The van der Waals surface area contributed by atoms with Gasteiger partial charge in [0.15, 0.2) is 0 Å². The predicted octanol–water partition coefficient (Wildman–Crippen LogP) is 4.52. The molecule has 0 aromatic heterocycles. The quantitative estimate of drug-likeness (QED) is 0.448. The van der Waals surface area contributed by atoms with Crippen molar-refractivity contribution in [2.75, 3.05) is 19.1 Å².